The van der Waals surface area contributed by atoms with Crippen LogP contribution in [0.15, 0.2) is 21.5 Å². The van der Waals surface area contributed by atoms with Crippen molar-refractivity contribution in [3.05, 3.63) is 23.7 Å². The quantitative estimate of drug-likeness (QED) is 0.650. The molecular weight excluding hydrogens is 300 g/mol. The van der Waals surface area contributed by atoms with Crippen LogP contribution in [0.1, 0.15) is 37.1 Å². The molecule has 7 heteroatoms. The highest BCUT2D eigenvalue weighted by Gasteiger charge is 2.28. The number of carbonyl (C=O) groups is 1. The summed E-state index contributed by atoms with van der Waals surface area (Å²) in [4.78, 5) is 17.9. The van der Waals surface area contributed by atoms with Gasteiger partial charge in [0.1, 0.15) is 12.3 Å². The van der Waals surface area contributed by atoms with Crippen molar-refractivity contribution in [3.63, 3.8) is 0 Å². The second-order valence-corrected chi connectivity index (χ2v) is 7.63. The van der Waals surface area contributed by atoms with E-state index < -0.39 is 5.91 Å². The van der Waals surface area contributed by atoms with Crippen LogP contribution in [0.25, 0.3) is 0 Å². The number of nitrogens with one attached hydrogen (secondary N) is 1. The Labute approximate surface area is 135 Å². The van der Waals surface area contributed by atoms with E-state index in [0.29, 0.717) is 12.3 Å². The molecule has 0 atom stereocenters. The Kier molecular flexibility index (Phi) is 5.39. The molecule has 1 aliphatic rings. The Bertz CT molecular complexity index is 553. The average molecular weight is 324 g/mol. The first-order valence-electron chi connectivity index (χ1n) is 7.47. The van der Waals surface area contributed by atoms with E-state index in [0.717, 1.165) is 31.3 Å². The first-order valence-corrected chi connectivity index (χ1v) is 8.45. The van der Waals surface area contributed by atoms with Crippen molar-refractivity contribution in [3.8, 4) is 0 Å². The van der Waals surface area contributed by atoms with Crippen molar-refractivity contribution in [2.75, 3.05) is 25.4 Å². The van der Waals surface area contributed by atoms with E-state index in [1.165, 1.54) is 0 Å². The smallest absolute Gasteiger partial charge is 0.284 e. The minimum atomic E-state index is -0.558. The molecule has 0 unspecified atom stereocenters. The Balaban J connectivity index is 2.07. The van der Waals surface area contributed by atoms with Crippen molar-refractivity contribution in [1.29, 1.82) is 0 Å². The maximum absolute atomic E-state index is 11.0. The van der Waals surface area contributed by atoms with Crippen molar-refractivity contribution >= 4 is 23.6 Å². The topological polar surface area (TPSA) is 83.9 Å². The first-order chi connectivity index (χ1) is 10.4. The van der Waals surface area contributed by atoms with Crippen LogP contribution >= 0.6 is 11.8 Å². The molecule has 1 aromatic heterocycles. The molecule has 0 aromatic carbocycles. The molecule has 22 heavy (non-hydrogen) atoms. The van der Waals surface area contributed by atoms with Gasteiger partial charge in [0.25, 0.3) is 5.91 Å². The van der Waals surface area contributed by atoms with Gasteiger partial charge in [-0.2, -0.15) is 11.8 Å². The van der Waals surface area contributed by atoms with Crippen LogP contribution in [0.2, 0.25) is 0 Å². The molecule has 1 saturated heterocycles. The summed E-state index contributed by atoms with van der Waals surface area (Å²) in [5.41, 5.74) is 5.19. The molecule has 0 aliphatic carbocycles. The third kappa shape index (κ3) is 4.43. The molecule has 0 bridgehead atoms. The van der Waals surface area contributed by atoms with Gasteiger partial charge in [0.2, 0.25) is 0 Å². The first kappa shape index (κ1) is 16.7. The Morgan fingerprint density at radius 2 is 2.32 bits per heavy atom. The van der Waals surface area contributed by atoms with Crippen LogP contribution in [-0.2, 0) is 6.54 Å². The lowest BCUT2D eigenvalue weighted by atomic mass is 10.2. The predicted molar refractivity (Wildman–Crippen MR) is 90.2 cm³/mol. The molecule has 0 saturated carbocycles. The largest absolute Gasteiger partial charge is 0.454 e. The summed E-state index contributed by atoms with van der Waals surface area (Å²) in [5, 5.41) is 3.32. The predicted octanol–water partition coefficient (Wildman–Crippen LogP) is 1.67. The fourth-order valence-corrected chi connectivity index (χ4v) is 3.48. The summed E-state index contributed by atoms with van der Waals surface area (Å²) < 4.78 is 5.59. The van der Waals surface area contributed by atoms with Gasteiger partial charge >= 0.3 is 0 Å². The summed E-state index contributed by atoms with van der Waals surface area (Å²) in [6, 6.07) is 3.32. The number of amides is 1. The number of hydrogen-bond acceptors (Lipinski definition) is 4. The van der Waals surface area contributed by atoms with Crippen molar-refractivity contribution in [2.24, 2.45) is 10.7 Å². The number of nitrogens with two attached hydrogens (primary N) is 1. The van der Waals surface area contributed by atoms with Gasteiger partial charge in [0, 0.05) is 30.1 Å². The van der Waals surface area contributed by atoms with Gasteiger partial charge in [-0.1, -0.05) is 0 Å². The molecule has 1 amide bonds. The summed E-state index contributed by atoms with van der Waals surface area (Å²) in [6.07, 6.45) is 0. The van der Waals surface area contributed by atoms with E-state index >= 15 is 0 Å². The van der Waals surface area contributed by atoms with E-state index in [1.54, 1.807) is 12.1 Å². The minimum Gasteiger partial charge on any atom is -0.454 e. The van der Waals surface area contributed by atoms with Crippen LogP contribution in [0, 0.1) is 0 Å². The van der Waals surface area contributed by atoms with Crippen LogP contribution in [-0.4, -0.2) is 46.9 Å². The molecule has 1 aromatic rings. The normalized spacial score (nSPS) is 18.3. The fraction of sp³-hybridized carbons (Fsp3) is 0.600. The van der Waals surface area contributed by atoms with E-state index in [2.05, 4.69) is 36.0 Å². The second-order valence-electron chi connectivity index (χ2n) is 5.83. The summed E-state index contributed by atoms with van der Waals surface area (Å²) in [7, 11) is 0. The number of nitrogens with zero attached hydrogens (tertiary/aromatic N) is 2. The van der Waals surface area contributed by atoms with Gasteiger partial charge < -0.3 is 20.4 Å². The Morgan fingerprint density at radius 3 is 2.91 bits per heavy atom. The number of rotatable bonds is 4. The van der Waals surface area contributed by atoms with Gasteiger partial charge in [0.15, 0.2) is 11.7 Å². The average Bonchev–Trinajstić information content (AvgIpc) is 2.91. The van der Waals surface area contributed by atoms with Crippen molar-refractivity contribution in [1.82, 2.24) is 10.2 Å². The Hall–Kier alpha value is -1.63. The van der Waals surface area contributed by atoms with Crippen molar-refractivity contribution < 1.29 is 9.21 Å². The maximum Gasteiger partial charge on any atom is 0.284 e. The van der Waals surface area contributed by atoms with Gasteiger partial charge in [0.05, 0.1) is 0 Å². The molecule has 1 aliphatic heterocycles. The highest BCUT2D eigenvalue weighted by molar-refractivity contribution is 8.00. The number of thioether (sulfide) groups is 1. The van der Waals surface area contributed by atoms with Gasteiger partial charge in [-0.25, -0.2) is 4.99 Å². The van der Waals surface area contributed by atoms with Gasteiger partial charge in [-0.3, -0.25) is 4.79 Å². The number of guanidine groups is 1. The zero-order chi connectivity index (χ0) is 16.2. The lowest BCUT2D eigenvalue weighted by Crippen LogP contribution is -2.50. The third-order valence-corrected chi connectivity index (χ3v) is 4.65. The minimum absolute atomic E-state index is 0.172. The number of hydrogen-bond donors (Lipinski definition) is 2. The van der Waals surface area contributed by atoms with Crippen LogP contribution < -0.4 is 11.1 Å². The third-order valence-electron chi connectivity index (χ3n) is 3.35. The molecule has 1 fully saturated rings. The standard InChI is InChI=1S/C15H24N4O2S/c1-4-17-14(19-7-8-22-15(2,3)10-19)18-9-11-5-6-12(21-11)13(16)20/h5-6H,4,7-10H2,1-3H3,(H2,16,20)(H,17,18). The van der Waals surface area contributed by atoms with Crippen LogP contribution in [0.5, 0.6) is 0 Å². The summed E-state index contributed by atoms with van der Waals surface area (Å²) >= 11 is 1.99. The maximum atomic E-state index is 11.0. The van der Waals surface area contributed by atoms with E-state index in [1.807, 2.05) is 11.8 Å². The molecule has 2 rings (SSSR count). The van der Waals surface area contributed by atoms with Gasteiger partial charge in [-0.05, 0) is 32.9 Å². The second kappa shape index (κ2) is 7.09. The lowest BCUT2D eigenvalue weighted by Gasteiger charge is -2.39. The van der Waals surface area contributed by atoms with Gasteiger partial charge in [-0.15, -0.1) is 0 Å². The zero-order valence-electron chi connectivity index (χ0n) is 13.4. The Morgan fingerprint density at radius 1 is 1.55 bits per heavy atom. The summed E-state index contributed by atoms with van der Waals surface area (Å²) in [6.45, 7) is 9.68. The number of aliphatic imine (C=N–C) groups is 1. The molecule has 6 nitrogen and oxygen atoms in total. The number of primary amides is 1. The lowest BCUT2D eigenvalue weighted by molar-refractivity contribution is 0.0972. The zero-order valence-corrected chi connectivity index (χ0v) is 14.2. The molecule has 3 N–H and O–H groups in total. The molecule has 0 radical (unpaired) electrons. The van der Waals surface area contributed by atoms with E-state index in [9.17, 15) is 4.79 Å². The molecule has 2 heterocycles. The van der Waals surface area contributed by atoms with E-state index in [-0.39, 0.29) is 10.5 Å². The molecule has 122 valence electrons. The summed E-state index contributed by atoms with van der Waals surface area (Å²) in [5.74, 6) is 2.22. The highest BCUT2D eigenvalue weighted by Crippen LogP contribution is 2.29. The molecule has 0 spiro atoms. The van der Waals surface area contributed by atoms with Crippen LogP contribution in [0.4, 0.5) is 0 Å². The monoisotopic (exact) mass is 324 g/mol. The fourth-order valence-electron chi connectivity index (χ4n) is 2.37. The van der Waals surface area contributed by atoms with Crippen LogP contribution in [0.3, 0.4) is 0 Å². The molecular formula is C15H24N4O2S. The SMILES string of the molecule is CCNC(=NCc1ccc(C(N)=O)o1)N1CCSC(C)(C)C1. The number of furan rings is 1. The highest BCUT2D eigenvalue weighted by atomic mass is 32.2. The van der Waals surface area contributed by atoms with Crippen molar-refractivity contribution in [2.45, 2.75) is 32.1 Å². The van der Waals surface area contributed by atoms with E-state index in [4.69, 9.17) is 10.2 Å². The number of carbonyl (C=O) groups excluding carboxylic acids is 1.